The lowest BCUT2D eigenvalue weighted by Crippen LogP contribution is -2.41. The first-order valence-electron chi connectivity index (χ1n) is 7.15. The first-order chi connectivity index (χ1) is 10.4. The van der Waals surface area contributed by atoms with E-state index < -0.39 is 0 Å². The second kappa shape index (κ2) is 7.59. The summed E-state index contributed by atoms with van der Waals surface area (Å²) in [5.74, 6) is 0.674. The van der Waals surface area contributed by atoms with Crippen molar-refractivity contribution in [2.75, 3.05) is 5.73 Å². The first-order valence-corrected chi connectivity index (χ1v) is 8.03. The van der Waals surface area contributed by atoms with Crippen LogP contribution in [-0.4, -0.2) is 16.5 Å². The highest BCUT2D eigenvalue weighted by Gasteiger charge is 2.35. The van der Waals surface area contributed by atoms with Crippen LogP contribution in [0.25, 0.3) is 0 Å². The number of rotatable bonds is 2. The third-order valence-corrected chi connectivity index (χ3v) is 4.68. The number of aryl methyl sites for hydroxylation is 1. The van der Waals surface area contributed by atoms with Gasteiger partial charge in [-0.15, -0.1) is 36.2 Å². The Kier molecular flexibility index (Phi) is 6.50. The zero-order chi connectivity index (χ0) is 15.9. The van der Waals surface area contributed by atoms with Crippen molar-refractivity contribution >= 4 is 47.7 Å². The fourth-order valence-corrected chi connectivity index (χ4v) is 3.45. The average Bonchev–Trinajstić information content (AvgIpc) is 2.85. The molecule has 1 amide bonds. The Morgan fingerprint density at radius 1 is 1.42 bits per heavy atom. The number of nitrogens with zero attached hydrogens (tertiary/aromatic N) is 1. The van der Waals surface area contributed by atoms with Gasteiger partial charge in [0, 0.05) is 17.7 Å². The number of anilines is 1. The quantitative estimate of drug-likeness (QED) is 0.763. The minimum Gasteiger partial charge on any atom is -0.487 e. The number of hydrogen-bond donors (Lipinski definition) is 2. The normalized spacial score (nSPS) is 17.5. The number of amides is 1. The third-order valence-electron chi connectivity index (χ3n) is 3.75. The highest BCUT2D eigenvalue weighted by atomic mass is 35.5. The van der Waals surface area contributed by atoms with E-state index in [2.05, 4.69) is 10.3 Å². The van der Waals surface area contributed by atoms with Gasteiger partial charge in [-0.25, -0.2) is 4.98 Å². The monoisotopic (exact) mass is 389 g/mol. The fourth-order valence-electron chi connectivity index (χ4n) is 2.75. The predicted octanol–water partition coefficient (Wildman–Crippen LogP) is 3.91. The maximum Gasteiger partial charge on any atom is 0.263 e. The molecule has 0 bridgehead atoms. The van der Waals surface area contributed by atoms with Crippen LogP contribution in [0.15, 0.2) is 23.7 Å². The van der Waals surface area contributed by atoms with Crippen molar-refractivity contribution in [3.8, 4) is 5.75 Å². The van der Waals surface area contributed by atoms with Crippen molar-refractivity contribution in [2.24, 2.45) is 0 Å². The molecule has 1 atom stereocenters. The number of benzene rings is 1. The van der Waals surface area contributed by atoms with E-state index in [-0.39, 0.29) is 42.4 Å². The van der Waals surface area contributed by atoms with E-state index in [4.69, 9.17) is 10.5 Å². The van der Waals surface area contributed by atoms with Gasteiger partial charge in [-0.1, -0.05) is 0 Å². The summed E-state index contributed by atoms with van der Waals surface area (Å²) in [6, 6.07) is 5.42. The number of halogens is 2. The van der Waals surface area contributed by atoms with Gasteiger partial charge in [0.15, 0.2) is 0 Å². The molecule has 1 aromatic heterocycles. The molecule has 1 unspecified atom stereocenters. The molecule has 0 aliphatic carbocycles. The summed E-state index contributed by atoms with van der Waals surface area (Å²) in [6.45, 7) is 5.87. The summed E-state index contributed by atoms with van der Waals surface area (Å²) in [6.07, 6.45) is 0.688. The molecular weight excluding hydrogens is 369 g/mol. The van der Waals surface area contributed by atoms with Crippen molar-refractivity contribution < 1.29 is 9.53 Å². The fraction of sp³-hybridized carbons (Fsp3) is 0.375. The number of thiazole rings is 1. The molecule has 1 aliphatic rings. The number of aromatic nitrogens is 1. The summed E-state index contributed by atoms with van der Waals surface area (Å²) in [7, 11) is 0. The van der Waals surface area contributed by atoms with Gasteiger partial charge in [0.05, 0.1) is 17.2 Å². The van der Waals surface area contributed by atoms with Gasteiger partial charge in [-0.05, 0) is 39.0 Å². The van der Waals surface area contributed by atoms with Crippen LogP contribution in [0.5, 0.6) is 5.75 Å². The number of fused-ring (bicyclic) bond motifs is 1. The molecule has 1 aromatic carbocycles. The van der Waals surface area contributed by atoms with E-state index in [1.165, 1.54) is 11.3 Å². The van der Waals surface area contributed by atoms with Gasteiger partial charge < -0.3 is 15.8 Å². The average molecular weight is 390 g/mol. The first kappa shape index (κ1) is 20.5. The van der Waals surface area contributed by atoms with Crippen LogP contribution >= 0.6 is 36.2 Å². The number of ether oxygens (including phenoxy) is 1. The number of carbonyl (C=O) groups is 1. The van der Waals surface area contributed by atoms with Crippen LogP contribution in [0.3, 0.4) is 0 Å². The third kappa shape index (κ3) is 4.12. The number of carbonyl (C=O) groups excluding carboxylic acids is 1. The molecule has 1 aliphatic heterocycles. The molecular formula is C16H21Cl2N3O2S. The summed E-state index contributed by atoms with van der Waals surface area (Å²) in [4.78, 5) is 17.3. The molecule has 0 fully saturated rings. The van der Waals surface area contributed by atoms with E-state index >= 15 is 0 Å². The molecule has 24 heavy (non-hydrogen) atoms. The second-order valence-corrected chi connectivity index (χ2v) is 7.01. The number of nitrogens with two attached hydrogens (primary N) is 1. The maximum absolute atomic E-state index is 12.5. The SMILES string of the molecule is Cc1ncsc1C(=O)NC1CC(C)(C)Oc2ccc(N)cc21.Cl.Cl. The van der Waals surface area contributed by atoms with Gasteiger partial charge in [-0.2, -0.15) is 0 Å². The summed E-state index contributed by atoms with van der Waals surface area (Å²) in [5.41, 5.74) is 9.57. The van der Waals surface area contributed by atoms with Crippen LogP contribution in [0.4, 0.5) is 5.69 Å². The Hall–Kier alpha value is -1.50. The Labute approximate surface area is 157 Å². The summed E-state index contributed by atoms with van der Waals surface area (Å²) >= 11 is 1.35. The van der Waals surface area contributed by atoms with Crippen molar-refractivity contribution in [3.05, 3.63) is 39.8 Å². The zero-order valence-electron chi connectivity index (χ0n) is 13.7. The van der Waals surface area contributed by atoms with Gasteiger partial charge >= 0.3 is 0 Å². The molecule has 2 heterocycles. The topological polar surface area (TPSA) is 77.2 Å². The minimum absolute atomic E-state index is 0. The Bertz CT molecular complexity index is 734. The van der Waals surface area contributed by atoms with E-state index in [9.17, 15) is 4.79 Å². The standard InChI is InChI=1S/C16H19N3O2S.2ClH/c1-9-14(22-8-18-9)15(20)19-12-7-16(2,3)21-13-5-4-10(17)6-11(12)13;;/h4-6,8,12H,7,17H2,1-3H3,(H,19,20);2*1H. The summed E-state index contributed by atoms with van der Waals surface area (Å²) < 4.78 is 5.98. The molecule has 3 N–H and O–H groups in total. The summed E-state index contributed by atoms with van der Waals surface area (Å²) in [5, 5.41) is 3.10. The lowest BCUT2D eigenvalue weighted by molar-refractivity contribution is 0.0621. The van der Waals surface area contributed by atoms with Gasteiger partial charge in [0.2, 0.25) is 0 Å². The Morgan fingerprint density at radius 2 is 2.12 bits per heavy atom. The van der Waals surface area contributed by atoms with E-state index in [1.54, 1.807) is 5.51 Å². The molecule has 0 spiro atoms. The van der Waals surface area contributed by atoms with Gasteiger partial charge in [-0.3, -0.25) is 4.79 Å². The number of nitrogens with one attached hydrogen (secondary N) is 1. The van der Waals surface area contributed by atoms with Crippen molar-refractivity contribution in [2.45, 2.75) is 38.8 Å². The van der Waals surface area contributed by atoms with Gasteiger partial charge in [0.25, 0.3) is 5.91 Å². The van der Waals surface area contributed by atoms with Crippen molar-refractivity contribution in [3.63, 3.8) is 0 Å². The lowest BCUT2D eigenvalue weighted by Gasteiger charge is -2.38. The van der Waals surface area contributed by atoms with E-state index in [0.29, 0.717) is 17.0 Å². The van der Waals surface area contributed by atoms with Crippen LogP contribution < -0.4 is 15.8 Å². The molecule has 3 rings (SSSR count). The van der Waals surface area contributed by atoms with Crippen LogP contribution in [0.1, 0.15) is 47.2 Å². The molecule has 0 saturated carbocycles. The smallest absolute Gasteiger partial charge is 0.263 e. The van der Waals surface area contributed by atoms with E-state index in [1.807, 2.05) is 39.0 Å². The number of hydrogen-bond acceptors (Lipinski definition) is 5. The van der Waals surface area contributed by atoms with Crippen LogP contribution in [-0.2, 0) is 0 Å². The predicted molar refractivity (Wildman–Crippen MR) is 102 cm³/mol. The molecule has 2 aromatic rings. The highest BCUT2D eigenvalue weighted by Crippen LogP contribution is 2.40. The zero-order valence-corrected chi connectivity index (χ0v) is 16.1. The molecule has 8 heteroatoms. The molecule has 0 saturated heterocycles. The van der Waals surface area contributed by atoms with Crippen molar-refractivity contribution in [1.29, 1.82) is 0 Å². The maximum atomic E-state index is 12.5. The van der Waals surface area contributed by atoms with Crippen molar-refractivity contribution in [1.82, 2.24) is 10.3 Å². The Balaban J connectivity index is 0.00000144. The minimum atomic E-state index is -0.343. The second-order valence-electron chi connectivity index (χ2n) is 6.16. The van der Waals surface area contributed by atoms with Crippen LogP contribution in [0.2, 0.25) is 0 Å². The van der Waals surface area contributed by atoms with Crippen LogP contribution in [0, 0.1) is 6.92 Å². The molecule has 5 nitrogen and oxygen atoms in total. The highest BCUT2D eigenvalue weighted by molar-refractivity contribution is 7.11. The lowest BCUT2D eigenvalue weighted by atomic mass is 9.89. The van der Waals surface area contributed by atoms with Gasteiger partial charge in [0.1, 0.15) is 16.2 Å². The molecule has 132 valence electrons. The largest absolute Gasteiger partial charge is 0.487 e. The van der Waals surface area contributed by atoms with E-state index in [0.717, 1.165) is 17.0 Å². The Morgan fingerprint density at radius 3 is 2.75 bits per heavy atom. The number of nitrogen functional groups attached to an aromatic ring is 1. The molecule has 0 radical (unpaired) electrons.